The number of imide groups is 1. The standard InChI is InChI=1S/C21H21N5O6S/c1-9(2)18-23-24-21(33-18)22-14(27)8-12(13-5-6-15(32-13)26(30)31)25-19(28)16-10-3-4-11(7-10)17(16)20(25)29/h3-6,9-12,16-17H,7-8H2,1-2H3,(H,22,24,27). The van der Waals surface area contributed by atoms with Crippen LogP contribution >= 0.6 is 11.3 Å². The molecule has 1 N–H and O–H groups in total. The first-order valence-electron chi connectivity index (χ1n) is 10.7. The van der Waals surface area contributed by atoms with Gasteiger partial charge in [-0.1, -0.05) is 37.3 Å². The third kappa shape index (κ3) is 3.54. The summed E-state index contributed by atoms with van der Waals surface area (Å²) in [5, 5.41) is 22.8. The molecule has 0 aromatic carbocycles. The topological polar surface area (TPSA) is 149 Å². The fraction of sp³-hybridized carbons (Fsp3) is 0.476. The van der Waals surface area contributed by atoms with Gasteiger partial charge in [0, 0.05) is 5.92 Å². The molecule has 5 rings (SSSR count). The smallest absolute Gasteiger partial charge is 0.404 e. The SMILES string of the molecule is CC(C)c1nnc(NC(=O)CC(c2ccc([N+](=O)[O-])o2)N2C(=O)C3C4C=CC(C4)C3C2=O)s1. The zero-order chi connectivity index (χ0) is 23.4. The summed E-state index contributed by atoms with van der Waals surface area (Å²) in [7, 11) is 0. The maximum absolute atomic E-state index is 13.3. The van der Waals surface area contributed by atoms with Crippen LogP contribution in [0.25, 0.3) is 0 Å². The second kappa shape index (κ2) is 7.87. The van der Waals surface area contributed by atoms with E-state index in [2.05, 4.69) is 15.5 Å². The highest BCUT2D eigenvalue weighted by molar-refractivity contribution is 7.15. The largest absolute Gasteiger partial charge is 0.433 e. The van der Waals surface area contributed by atoms with E-state index in [1.165, 1.54) is 17.4 Å². The van der Waals surface area contributed by atoms with Gasteiger partial charge in [0.1, 0.15) is 21.7 Å². The Labute approximate surface area is 192 Å². The van der Waals surface area contributed by atoms with Crippen LogP contribution in [0, 0.1) is 33.8 Å². The molecule has 5 unspecified atom stereocenters. The van der Waals surface area contributed by atoms with Gasteiger partial charge in [0.25, 0.3) is 0 Å². The average Bonchev–Trinajstić information content (AvgIpc) is 3.57. The van der Waals surface area contributed by atoms with Crippen molar-refractivity contribution in [3.05, 3.63) is 45.2 Å². The van der Waals surface area contributed by atoms with Crippen molar-refractivity contribution >= 4 is 40.1 Å². The first kappa shape index (κ1) is 21.4. The van der Waals surface area contributed by atoms with E-state index in [1.54, 1.807) is 0 Å². The third-order valence-electron chi connectivity index (χ3n) is 6.50. The molecule has 3 amide bonds. The van der Waals surface area contributed by atoms with E-state index in [0.717, 1.165) is 22.4 Å². The Morgan fingerprint density at radius 2 is 1.91 bits per heavy atom. The molecule has 0 spiro atoms. The fourth-order valence-corrected chi connectivity index (χ4v) is 5.80. The van der Waals surface area contributed by atoms with Gasteiger partial charge >= 0.3 is 5.88 Å². The minimum absolute atomic E-state index is 0.00212. The number of hydrogen-bond acceptors (Lipinski definition) is 9. The molecule has 33 heavy (non-hydrogen) atoms. The van der Waals surface area contributed by atoms with Crippen LogP contribution < -0.4 is 5.32 Å². The minimum Gasteiger partial charge on any atom is -0.404 e. The summed E-state index contributed by atoms with van der Waals surface area (Å²) in [5.41, 5.74) is 0. The second-order valence-corrected chi connectivity index (χ2v) is 9.86. The first-order valence-corrected chi connectivity index (χ1v) is 11.5. The normalized spacial score (nSPS) is 26.3. The number of nitrogens with zero attached hydrogens (tertiary/aromatic N) is 4. The van der Waals surface area contributed by atoms with E-state index in [9.17, 15) is 24.5 Å². The quantitative estimate of drug-likeness (QED) is 0.280. The van der Waals surface area contributed by atoms with Crippen LogP contribution in [-0.4, -0.2) is 37.7 Å². The Balaban J connectivity index is 1.42. The van der Waals surface area contributed by atoms with E-state index < -0.39 is 34.6 Å². The minimum atomic E-state index is -1.10. The molecule has 12 heteroatoms. The van der Waals surface area contributed by atoms with Gasteiger partial charge in [-0.25, -0.2) is 0 Å². The highest BCUT2D eigenvalue weighted by Crippen LogP contribution is 2.54. The van der Waals surface area contributed by atoms with Crippen LogP contribution in [0.2, 0.25) is 0 Å². The molecule has 1 saturated heterocycles. The lowest BCUT2D eigenvalue weighted by Crippen LogP contribution is -2.38. The number of amides is 3. The zero-order valence-corrected chi connectivity index (χ0v) is 18.7. The highest BCUT2D eigenvalue weighted by atomic mass is 32.1. The van der Waals surface area contributed by atoms with Gasteiger partial charge in [-0.05, 0) is 24.3 Å². The number of aromatic nitrogens is 2. The van der Waals surface area contributed by atoms with Crippen molar-refractivity contribution < 1.29 is 23.7 Å². The van der Waals surface area contributed by atoms with E-state index in [4.69, 9.17) is 4.42 Å². The van der Waals surface area contributed by atoms with Crippen LogP contribution in [-0.2, 0) is 14.4 Å². The van der Waals surface area contributed by atoms with E-state index in [0.29, 0.717) is 5.13 Å². The van der Waals surface area contributed by atoms with Crippen molar-refractivity contribution in [2.45, 2.75) is 38.6 Å². The van der Waals surface area contributed by atoms with E-state index in [-0.39, 0.29) is 41.7 Å². The van der Waals surface area contributed by atoms with Crippen molar-refractivity contribution in [1.82, 2.24) is 15.1 Å². The number of allylic oxidation sites excluding steroid dienone is 2. The Morgan fingerprint density at radius 3 is 2.45 bits per heavy atom. The molecule has 2 aromatic rings. The van der Waals surface area contributed by atoms with Crippen LogP contribution in [0.5, 0.6) is 0 Å². The van der Waals surface area contributed by atoms with Crippen molar-refractivity contribution in [2.75, 3.05) is 5.32 Å². The molecule has 3 heterocycles. The summed E-state index contributed by atoms with van der Waals surface area (Å²) < 4.78 is 5.33. The number of carbonyl (C=O) groups is 3. The molecule has 2 aromatic heterocycles. The molecule has 1 saturated carbocycles. The number of rotatable bonds is 7. The van der Waals surface area contributed by atoms with Crippen molar-refractivity contribution in [3.8, 4) is 0 Å². The molecule has 2 aliphatic carbocycles. The lowest BCUT2D eigenvalue weighted by Gasteiger charge is -2.25. The molecular weight excluding hydrogens is 450 g/mol. The lowest BCUT2D eigenvalue weighted by molar-refractivity contribution is -0.402. The van der Waals surface area contributed by atoms with Gasteiger partial charge in [-0.15, -0.1) is 10.2 Å². The molecule has 0 radical (unpaired) electrons. The Hall–Kier alpha value is -3.41. The molecule has 3 aliphatic rings. The van der Waals surface area contributed by atoms with Gasteiger partial charge in [0.15, 0.2) is 0 Å². The predicted octanol–water partition coefficient (Wildman–Crippen LogP) is 3.04. The number of hydrogen-bond donors (Lipinski definition) is 1. The van der Waals surface area contributed by atoms with Gasteiger partial charge in [-0.3, -0.25) is 29.4 Å². The molecule has 172 valence electrons. The summed E-state index contributed by atoms with van der Waals surface area (Å²) in [4.78, 5) is 51.0. The number of fused-ring (bicyclic) bond motifs is 5. The van der Waals surface area contributed by atoms with Crippen molar-refractivity contribution in [3.63, 3.8) is 0 Å². The van der Waals surface area contributed by atoms with Gasteiger partial charge in [0.05, 0.1) is 24.3 Å². The Bertz CT molecular complexity index is 1160. The first-order chi connectivity index (χ1) is 15.7. The second-order valence-electron chi connectivity index (χ2n) is 8.85. The lowest BCUT2D eigenvalue weighted by atomic mass is 9.85. The Kier molecular flexibility index (Phi) is 5.11. The summed E-state index contributed by atoms with van der Waals surface area (Å²) in [5.74, 6) is -2.53. The highest BCUT2D eigenvalue weighted by Gasteiger charge is 2.61. The van der Waals surface area contributed by atoms with Crippen LogP contribution in [0.15, 0.2) is 28.7 Å². The maximum atomic E-state index is 13.3. The number of nitro groups is 1. The summed E-state index contributed by atoms with van der Waals surface area (Å²) in [6.45, 7) is 3.91. The van der Waals surface area contributed by atoms with Crippen LogP contribution in [0.4, 0.5) is 11.0 Å². The predicted molar refractivity (Wildman–Crippen MR) is 115 cm³/mol. The summed E-state index contributed by atoms with van der Waals surface area (Å²) >= 11 is 1.23. The Morgan fingerprint density at radius 1 is 1.24 bits per heavy atom. The van der Waals surface area contributed by atoms with Gasteiger partial charge < -0.3 is 9.73 Å². The van der Waals surface area contributed by atoms with Crippen LogP contribution in [0.3, 0.4) is 0 Å². The molecule has 2 fully saturated rings. The average molecular weight is 471 g/mol. The third-order valence-corrected chi connectivity index (χ3v) is 7.64. The van der Waals surface area contributed by atoms with Crippen LogP contribution in [0.1, 0.15) is 49.4 Å². The number of anilines is 1. The van der Waals surface area contributed by atoms with Gasteiger partial charge in [-0.2, -0.15) is 0 Å². The fourth-order valence-electron chi connectivity index (χ4n) is 5.04. The zero-order valence-electron chi connectivity index (χ0n) is 17.8. The number of likely N-dealkylation sites (tertiary alicyclic amines) is 1. The monoisotopic (exact) mass is 471 g/mol. The summed E-state index contributed by atoms with van der Waals surface area (Å²) in [6.07, 6.45) is 4.40. The van der Waals surface area contributed by atoms with Crippen molar-refractivity contribution in [2.24, 2.45) is 23.7 Å². The van der Waals surface area contributed by atoms with E-state index in [1.807, 2.05) is 26.0 Å². The van der Waals surface area contributed by atoms with Crippen molar-refractivity contribution in [1.29, 1.82) is 0 Å². The molecule has 2 bridgehead atoms. The molecule has 5 atom stereocenters. The number of nitrogens with one attached hydrogen (secondary N) is 1. The summed E-state index contributed by atoms with van der Waals surface area (Å²) in [6, 6.07) is 1.39. The molecule has 11 nitrogen and oxygen atoms in total. The maximum Gasteiger partial charge on any atom is 0.433 e. The van der Waals surface area contributed by atoms with E-state index >= 15 is 0 Å². The number of furan rings is 1. The molecule has 1 aliphatic heterocycles. The van der Waals surface area contributed by atoms with Gasteiger partial charge in [0.2, 0.25) is 22.9 Å². The number of carbonyl (C=O) groups excluding carboxylic acids is 3. The molecular formula is C21H21N5O6S.